The highest BCUT2D eigenvalue weighted by Gasteiger charge is 2.04. The molecule has 13 heavy (non-hydrogen) atoms. The maximum absolute atomic E-state index is 11.0. The summed E-state index contributed by atoms with van der Waals surface area (Å²) in [6.45, 7) is 1.45. The molecule has 0 aliphatic carbocycles. The number of benzene rings is 1. The highest BCUT2D eigenvalue weighted by atomic mass is 16.2. The Bertz CT molecular complexity index is 312. The fraction of sp³-hybridized carbons (Fsp3) is 0.182. The summed E-state index contributed by atoms with van der Waals surface area (Å²) in [4.78, 5) is 11.0. The van der Waals surface area contributed by atoms with Crippen LogP contribution < -0.4 is 0 Å². The second-order valence-electron chi connectivity index (χ2n) is 2.87. The molecule has 0 bridgehead atoms. The topological polar surface area (TPSA) is 37.3 Å². The van der Waals surface area contributed by atoms with Crippen LogP contribution in [0.1, 0.15) is 12.5 Å². The van der Waals surface area contributed by atoms with Crippen molar-refractivity contribution in [3.8, 4) is 0 Å². The quantitative estimate of drug-likeness (QED) is 0.566. The highest BCUT2D eigenvalue weighted by Crippen LogP contribution is 2.07. The zero-order chi connectivity index (χ0) is 9.68. The molecule has 0 radical (unpaired) electrons. The van der Waals surface area contributed by atoms with Gasteiger partial charge < -0.3 is 5.11 Å². The van der Waals surface area contributed by atoms with E-state index in [1.807, 2.05) is 30.3 Å². The minimum atomic E-state index is -0.0913. The molecule has 0 saturated carbocycles. The molecule has 68 valence electrons. The maximum atomic E-state index is 11.0. The zero-order valence-electron chi connectivity index (χ0n) is 7.53. The number of Topliss-reactive ketones (excluding diaryl/α,β-unsaturated/α-hetero) is 1. The van der Waals surface area contributed by atoms with Gasteiger partial charge in [-0.1, -0.05) is 30.3 Å². The summed E-state index contributed by atoms with van der Waals surface area (Å²) >= 11 is 0. The standard InChI is InChI=1S/C11H12O2/c1-9(13)11(8-12)7-10-5-3-2-4-6-10/h2-6,8,12H,7H2,1H3. The maximum Gasteiger partial charge on any atom is 0.159 e. The normalized spacial score (nSPS) is 11.3. The lowest BCUT2D eigenvalue weighted by Crippen LogP contribution is -2.00. The molecular formula is C11H12O2. The molecule has 1 aromatic carbocycles. The Morgan fingerprint density at radius 1 is 1.38 bits per heavy atom. The van der Waals surface area contributed by atoms with Crippen LogP contribution in [0.5, 0.6) is 0 Å². The SMILES string of the molecule is CC(=O)C(=CO)Cc1ccccc1. The Hall–Kier alpha value is -1.57. The van der Waals surface area contributed by atoms with E-state index >= 15 is 0 Å². The van der Waals surface area contributed by atoms with Gasteiger partial charge >= 0.3 is 0 Å². The number of carbonyl (C=O) groups excluding carboxylic acids is 1. The lowest BCUT2D eigenvalue weighted by atomic mass is 10.0. The van der Waals surface area contributed by atoms with Crippen molar-refractivity contribution in [1.82, 2.24) is 0 Å². The lowest BCUT2D eigenvalue weighted by Gasteiger charge is -2.01. The summed E-state index contributed by atoms with van der Waals surface area (Å²) in [5.74, 6) is -0.0913. The van der Waals surface area contributed by atoms with Crippen molar-refractivity contribution in [1.29, 1.82) is 0 Å². The van der Waals surface area contributed by atoms with E-state index in [4.69, 9.17) is 5.11 Å². The van der Waals surface area contributed by atoms with Gasteiger partial charge in [-0.15, -0.1) is 0 Å². The Balaban J connectivity index is 2.74. The largest absolute Gasteiger partial charge is 0.515 e. The predicted molar refractivity (Wildman–Crippen MR) is 51.5 cm³/mol. The second-order valence-corrected chi connectivity index (χ2v) is 2.87. The van der Waals surface area contributed by atoms with Crippen LogP contribution in [0.4, 0.5) is 0 Å². The Labute approximate surface area is 77.5 Å². The summed E-state index contributed by atoms with van der Waals surface area (Å²) < 4.78 is 0. The average molecular weight is 176 g/mol. The van der Waals surface area contributed by atoms with Gasteiger partial charge in [0.05, 0.1) is 6.26 Å². The molecule has 1 N–H and O–H groups in total. The van der Waals surface area contributed by atoms with Crippen molar-refractivity contribution in [2.45, 2.75) is 13.3 Å². The molecule has 0 aromatic heterocycles. The van der Waals surface area contributed by atoms with Gasteiger partial charge in [0.25, 0.3) is 0 Å². The first-order chi connectivity index (χ1) is 6.24. The van der Waals surface area contributed by atoms with Crippen molar-refractivity contribution in [2.75, 3.05) is 0 Å². The van der Waals surface area contributed by atoms with E-state index in [1.54, 1.807) is 0 Å². The first-order valence-electron chi connectivity index (χ1n) is 4.12. The fourth-order valence-corrected chi connectivity index (χ4v) is 1.08. The second kappa shape index (κ2) is 4.45. The lowest BCUT2D eigenvalue weighted by molar-refractivity contribution is -0.113. The number of ketones is 1. The van der Waals surface area contributed by atoms with Gasteiger partial charge in [-0.2, -0.15) is 0 Å². The van der Waals surface area contributed by atoms with Gasteiger partial charge in [-0.3, -0.25) is 4.79 Å². The zero-order valence-corrected chi connectivity index (χ0v) is 7.53. The van der Waals surface area contributed by atoms with Crippen LogP contribution in [0.25, 0.3) is 0 Å². The Morgan fingerprint density at radius 2 is 2.00 bits per heavy atom. The van der Waals surface area contributed by atoms with E-state index in [-0.39, 0.29) is 5.78 Å². The van der Waals surface area contributed by atoms with Gasteiger partial charge in [0, 0.05) is 12.0 Å². The van der Waals surface area contributed by atoms with Crippen LogP contribution in [0, 0.1) is 0 Å². The molecule has 0 saturated heterocycles. The van der Waals surface area contributed by atoms with E-state index < -0.39 is 0 Å². The average Bonchev–Trinajstić information content (AvgIpc) is 2.15. The molecule has 0 atom stereocenters. The molecule has 0 heterocycles. The Morgan fingerprint density at radius 3 is 2.46 bits per heavy atom. The third-order valence-corrected chi connectivity index (χ3v) is 1.85. The smallest absolute Gasteiger partial charge is 0.159 e. The third-order valence-electron chi connectivity index (χ3n) is 1.85. The van der Waals surface area contributed by atoms with Crippen LogP contribution >= 0.6 is 0 Å². The van der Waals surface area contributed by atoms with Crippen LogP contribution in [0.15, 0.2) is 42.2 Å². The fourth-order valence-electron chi connectivity index (χ4n) is 1.08. The van der Waals surface area contributed by atoms with Crippen molar-refractivity contribution in [3.63, 3.8) is 0 Å². The molecule has 0 unspecified atom stereocenters. The number of aliphatic hydroxyl groups is 1. The minimum absolute atomic E-state index is 0.0913. The molecule has 0 amide bonds. The van der Waals surface area contributed by atoms with Gasteiger partial charge in [-0.05, 0) is 12.5 Å². The highest BCUT2D eigenvalue weighted by molar-refractivity contribution is 5.93. The minimum Gasteiger partial charge on any atom is -0.515 e. The first-order valence-corrected chi connectivity index (χ1v) is 4.12. The molecule has 2 nitrogen and oxygen atoms in total. The summed E-state index contributed by atoms with van der Waals surface area (Å²) in [6, 6.07) is 9.58. The van der Waals surface area contributed by atoms with Crippen LogP contribution in [-0.4, -0.2) is 10.9 Å². The molecular weight excluding hydrogens is 164 g/mol. The summed E-state index contributed by atoms with van der Waals surface area (Å²) in [5.41, 5.74) is 1.46. The Kier molecular flexibility index (Phi) is 3.26. The molecule has 1 aromatic rings. The summed E-state index contributed by atoms with van der Waals surface area (Å²) in [6.07, 6.45) is 1.38. The first kappa shape index (κ1) is 9.52. The molecule has 0 spiro atoms. The monoisotopic (exact) mass is 176 g/mol. The number of hydrogen-bond acceptors (Lipinski definition) is 2. The van der Waals surface area contributed by atoms with Crippen molar-refractivity contribution < 1.29 is 9.90 Å². The van der Waals surface area contributed by atoms with Crippen LogP contribution in [0.3, 0.4) is 0 Å². The van der Waals surface area contributed by atoms with E-state index in [0.717, 1.165) is 11.8 Å². The van der Waals surface area contributed by atoms with E-state index in [0.29, 0.717) is 12.0 Å². The van der Waals surface area contributed by atoms with E-state index in [2.05, 4.69) is 0 Å². The molecule has 0 aliphatic heterocycles. The molecule has 0 aliphatic rings. The molecule has 2 heteroatoms. The number of aliphatic hydroxyl groups excluding tert-OH is 1. The van der Waals surface area contributed by atoms with Crippen molar-refractivity contribution in [2.24, 2.45) is 0 Å². The van der Waals surface area contributed by atoms with Gasteiger partial charge in [0.1, 0.15) is 0 Å². The number of carbonyl (C=O) groups is 1. The van der Waals surface area contributed by atoms with Gasteiger partial charge in [-0.25, -0.2) is 0 Å². The number of rotatable bonds is 3. The summed E-state index contributed by atoms with van der Waals surface area (Å²) in [7, 11) is 0. The van der Waals surface area contributed by atoms with E-state index in [1.165, 1.54) is 6.92 Å². The number of hydrogen-bond donors (Lipinski definition) is 1. The van der Waals surface area contributed by atoms with Crippen LogP contribution in [-0.2, 0) is 11.2 Å². The van der Waals surface area contributed by atoms with Crippen molar-refractivity contribution in [3.05, 3.63) is 47.7 Å². The third kappa shape index (κ3) is 2.75. The predicted octanol–water partition coefficient (Wildman–Crippen LogP) is 2.26. The van der Waals surface area contributed by atoms with Gasteiger partial charge in [0.2, 0.25) is 0 Å². The van der Waals surface area contributed by atoms with Crippen molar-refractivity contribution >= 4 is 5.78 Å². The summed E-state index contributed by atoms with van der Waals surface area (Å²) in [5, 5.41) is 8.77. The van der Waals surface area contributed by atoms with E-state index in [9.17, 15) is 4.79 Å². The molecule has 1 rings (SSSR count). The van der Waals surface area contributed by atoms with Crippen LogP contribution in [0.2, 0.25) is 0 Å². The number of allylic oxidation sites excluding steroid dienone is 1. The molecule has 0 fully saturated rings. The van der Waals surface area contributed by atoms with Gasteiger partial charge in [0.15, 0.2) is 5.78 Å².